The van der Waals surface area contributed by atoms with Crippen molar-refractivity contribution < 1.29 is 0 Å². The van der Waals surface area contributed by atoms with Crippen LogP contribution in [0.15, 0.2) is 30.1 Å². The van der Waals surface area contributed by atoms with Crippen LogP contribution in [-0.2, 0) is 0 Å². The van der Waals surface area contributed by atoms with Gasteiger partial charge in [0, 0.05) is 12.4 Å². The van der Waals surface area contributed by atoms with Crippen LogP contribution in [0.4, 0.5) is 0 Å². The number of hydrogen-bond donors (Lipinski definition) is 0. The summed E-state index contributed by atoms with van der Waals surface area (Å²) in [5.74, 6) is 0.594. The Kier molecular flexibility index (Phi) is 3.63. The highest BCUT2D eigenvalue weighted by Crippen LogP contribution is 2.06. The lowest BCUT2D eigenvalue weighted by molar-refractivity contribution is 0.770. The lowest BCUT2D eigenvalue weighted by atomic mass is 10.1. The molecule has 0 radical (unpaired) electrons. The Labute approximate surface area is 85.5 Å². The zero-order chi connectivity index (χ0) is 10.6. The van der Waals surface area contributed by atoms with E-state index in [1.807, 2.05) is 12.3 Å². The first kappa shape index (κ1) is 10.7. The Morgan fingerprint density at radius 1 is 1.50 bits per heavy atom. The molecule has 14 heavy (non-hydrogen) atoms. The van der Waals surface area contributed by atoms with Crippen LogP contribution >= 0.6 is 0 Å². The van der Waals surface area contributed by atoms with Crippen molar-refractivity contribution in [3.63, 3.8) is 0 Å². The van der Waals surface area contributed by atoms with Gasteiger partial charge in [-0.1, -0.05) is 38.2 Å². The molecule has 0 saturated carbocycles. The monoisotopic (exact) mass is 187 g/mol. The van der Waals surface area contributed by atoms with Gasteiger partial charge in [0.15, 0.2) is 0 Å². The number of rotatable bonds is 2. The molecule has 0 aromatic carbocycles. The number of pyridine rings is 1. The second-order valence-electron chi connectivity index (χ2n) is 3.81. The Morgan fingerprint density at radius 2 is 2.21 bits per heavy atom. The molecule has 0 bridgehead atoms. The van der Waals surface area contributed by atoms with Crippen LogP contribution < -0.4 is 10.4 Å². The minimum atomic E-state index is 0.594. The maximum Gasteiger partial charge on any atom is 0.0346 e. The first-order chi connectivity index (χ1) is 6.61. The van der Waals surface area contributed by atoms with E-state index in [0.29, 0.717) is 5.92 Å². The molecule has 0 saturated heterocycles. The van der Waals surface area contributed by atoms with E-state index in [1.165, 1.54) is 5.57 Å². The molecule has 0 aliphatic carbocycles. The third-order valence-electron chi connectivity index (χ3n) is 2.38. The van der Waals surface area contributed by atoms with Crippen molar-refractivity contribution in [1.29, 1.82) is 0 Å². The summed E-state index contributed by atoms with van der Waals surface area (Å²) in [4.78, 5) is 4.07. The Bertz CT molecular complexity index is 427. The van der Waals surface area contributed by atoms with E-state index < -0.39 is 0 Å². The van der Waals surface area contributed by atoms with Crippen molar-refractivity contribution in [1.82, 2.24) is 4.98 Å². The fraction of sp³-hybridized carbons (Fsp3) is 0.308. The maximum absolute atomic E-state index is 4.07. The van der Waals surface area contributed by atoms with Gasteiger partial charge in [0.1, 0.15) is 0 Å². The van der Waals surface area contributed by atoms with Gasteiger partial charge in [-0.05, 0) is 29.3 Å². The molecule has 1 nitrogen and oxygen atoms in total. The molecule has 0 aliphatic rings. The maximum atomic E-state index is 4.07. The van der Waals surface area contributed by atoms with Crippen LogP contribution in [-0.4, -0.2) is 4.98 Å². The second kappa shape index (κ2) is 4.75. The molecule has 74 valence electrons. The number of hydrogen-bond acceptors (Lipinski definition) is 1. The van der Waals surface area contributed by atoms with Crippen molar-refractivity contribution in [2.24, 2.45) is 5.92 Å². The molecule has 1 heteroatoms. The van der Waals surface area contributed by atoms with Crippen molar-refractivity contribution in [3.8, 4) is 0 Å². The lowest BCUT2D eigenvalue weighted by Gasteiger charge is -2.01. The Morgan fingerprint density at radius 3 is 2.79 bits per heavy atom. The summed E-state index contributed by atoms with van der Waals surface area (Å²) in [7, 11) is 0. The summed E-state index contributed by atoms with van der Waals surface area (Å²) in [5, 5.41) is 2.11. The van der Waals surface area contributed by atoms with Crippen LogP contribution in [0.5, 0.6) is 0 Å². The molecule has 0 atom stereocenters. The van der Waals surface area contributed by atoms with Crippen LogP contribution in [0.25, 0.3) is 12.7 Å². The van der Waals surface area contributed by atoms with Gasteiger partial charge in [-0.25, -0.2) is 0 Å². The highest BCUT2D eigenvalue weighted by atomic mass is 14.6. The summed E-state index contributed by atoms with van der Waals surface area (Å²) < 4.78 is 0. The highest BCUT2D eigenvalue weighted by molar-refractivity contribution is 5.39. The van der Waals surface area contributed by atoms with Crippen LogP contribution in [0.2, 0.25) is 0 Å². The number of allylic oxidation sites excluding steroid dienone is 2. The zero-order valence-electron chi connectivity index (χ0n) is 9.12. The summed E-state index contributed by atoms with van der Waals surface area (Å²) in [6.07, 6.45) is 7.81. The van der Waals surface area contributed by atoms with E-state index in [-0.39, 0.29) is 0 Å². The quantitative estimate of drug-likeness (QED) is 0.689. The summed E-state index contributed by atoms with van der Waals surface area (Å²) in [5.41, 5.74) is 1.37. The molecule has 0 amide bonds. The van der Waals surface area contributed by atoms with E-state index in [4.69, 9.17) is 0 Å². The standard InChI is InChI=1S/C13H17N/c1-10(2)11(3)5-6-13-9-14-8-7-12(13)4/h5-10H,4H2,1-3H3/b11-5+,13-6-. The summed E-state index contributed by atoms with van der Waals surface area (Å²) >= 11 is 0. The smallest absolute Gasteiger partial charge is 0.0346 e. The van der Waals surface area contributed by atoms with E-state index in [2.05, 4.69) is 44.5 Å². The van der Waals surface area contributed by atoms with Gasteiger partial charge in [-0.3, -0.25) is 4.98 Å². The van der Waals surface area contributed by atoms with Crippen LogP contribution in [0, 0.1) is 5.92 Å². The van der Waals surface area contributed by atoms with Gasteiger partial charge in [-0.2, -0.15) is 0 Å². The third-order valence-corrected chi connectivity index (χ3v) is 2.38. The molecule has 0 aliphatic heterocycles. The minimum Gasteiger partial charge on any atom is -0.264 e. The average Bonchev–Trinajstić information content (AvgIpc) is 2.16. The fourth-order valence-corrected chi connectivity index (χ4v) is 0.999. The number of nitrogens with zero attached hydrogens (tertiary/aromatic N) is 1. The van der Waals surface area contributed by atoms with Crippen molar-refractivity contribution in [3.05, 3.63) is 40.5 Å². The molecule has 0 spiro atoms. The molecule has 0 N–H and O–H groups in total. The highest BCUT2D eigenvalue weighted by Gasteiger charge is 1.92. The van der Waals surface area contributed by atoms with E-state index in [0.717, 1.165) is 10.4 Å². The topological polar surface area (TPSA) is 12.9 Å². The molecule has 1 aromatic rings. The normalized spacial score (nSPS) is 13.7. The minimum absolute atomic E-state index is 0.594. The summed E-state index contributed by atoms with van der Waals surface area (Å²) in [6, 6.07) is 1.92. The van der Waals surface area contributed by atoms with Gasteiger partial charge in [-0.15, -0.1) is 0 Å². The predicted octanol–water partition coefficient (Wildman–Crippen LogP) is 1.87. The van der Waals surface area contributed by atoms with Crippen molar-refractivity contribution in [2.75, 3.05) is 0 Å². The first-order valence-electron chi connectivity index (χ1n) is 4.88. The molecule has 0 fully saturated rings. The fourth-order valence-electron chi connectivity index (χ4n) is 0.999. The summed E-state index contributed by atoms with van der Waals surface area (Å²) in [6.45, 7) is 10.5. The largest absolute Gasteiger partial charge is 0.264 e. The van der Waals surface area contributed by atoms with E-state index in [1.54, 1.807) is 6.20 Å². The third kappa shape index (κ3) is 2.84. The molecule has 0 unspecified atom stereocenters. The molecule has 1 aromatic heterocycles. The van der Waals surface area contributed by atoms with Crippen LogP contribution in [0.1, 0.15) is 20.8 Å². The van der Waals surface area contributed by atoms with E-state index >= 15 is 0 Å². The van der Waals surface area contributed by atoms with Gasteiger partial charge in [0.2, 0.25) is 0 Å². The first-order valence-corrected chi connectivity index (χ1v) is 4.88. The lowest BCUT2D eigenvalue weighted by Crippen LogP contribution is -2.22. The van der Waals surface area contributed by atoms with Gasteiger partial charge in [0.25, 0.3) is 0 Å². The molecule has 1 rings (SSSR count). The predicted molar refractivity (Wildman–Crippen MR) is 62.1 cm³/mol. The van der Waals surface area contributed by atoms with Crippen LogP contribution in [0.3, 0.4) is 0 Å². The van der Waals surface area contributed by atoms with Crippen molar-refractivity contribution in [2.45, 2.75) is 20.8 Å². The van der Waals surface area contributed by atoms with Gasteiger partial charge < -0.3 is 0 Å². The van der Waals surface area contributed by atoms with Crippen molar-refractivity contribution >= 4 is 12.7 Å². The SMILES string of the molecule is C=c1ccnc/c1=C/C=C(\C)C(C)C. The Balaban J connectivity index is 3.07. The number of aromatic nitrogens is 1. The molecular formula is C13H17N. The van der Waals surface area contributed by atoms with Gasteiger partial charge >= 0.3 is 0 Å². The Hall–Kier alpha value is -1.37. The molecule has 1 heterocycles. The zero-order valence-corrected chi connectivity index (χ0v) is 9.12. The molecular weight excluding hydrogens is 170 g/mol. The van der Waals surface area contributed by atoms with Gasteiger partial charge in [0.05, 0.1) is 0 Å². The second-order valence-corrected chi connectivity index (χ2v) is 3.81. The van der Waals surface area contributed by atoms with E-state index in [9.17, 15) is 0 Å². The average molecular weight is 187 g/mol.